The van der Waals surface area contributed by atoms with Gasteiger partial charge in [0.05, 0.1) is 6.04 Å². The topological polar surface area (TPSA) is 84.2 Å². The van der Waals surface area contributed by atoms with Crippen LogP contribution in [0.1, 0.15) is 84.3 Å². The van der Waals surface area contributed by atoms with Crippen molar-refractivity contribution in [3.8, 4) is 0 Å². The van der Waals surface area contributed by atoms with Gasteiger partial charge in [0.15, 0.2) is 0 Å². The number of hydrogen-bond donors (Lipinski definition) is 3. The van der Waals surface area contributed by atoms with Crippen molar-refractivity contribution in [3.63, 3.8) is 0 Å². The van der Waals surface area contributed by atoms with Gasteiger partial charge in [-0.05, 0) is 48.6 Å². The van der Waals surface area contributed by atoms with Crippen molar-refractivity contribution in [2.45, 2.75) is 79.2 Å². The number of ketones is 1. The molecule has 41 heavy (non-hydrogen) atoms. The first-order valence-corrected chi connectivity index (χ1v) is 15.0. The summed E-state index contributed by atoms with van der Waals surface area (Å²) in [5.74, 6) is 1.11. The van der Waals surface area contributed by atoms with E-state index in [0.29, 0.717) is 18.4 Å². The molecule has 0 bridgehead atoms. The molecule has 0 radical (unpaired) electrons. The number of rotatable bonds is 16. The smallest absolute Gasteiger partial charge is 0.223 e. The molecule has 5 nitrogen and oxygen atoms in total. The van der Waals surface area contributed by atoms with E-state index < -0.39 is 6.04 Å². The first-order valence-electron chi connectivity index (χ1n) is 15.0. The van der Waals surface area contributed by atoms with Crippen LogP contribution in [0.5, 0.6) is 0 Å². The second-order valence-electron chi connectivity index (χ2n) is 10.9. The summed E-state index contributed by atoms with van der Waals surface area (Å²) in [6, 6.07) is 19.4. The van der Waals surface area contributed by atoms with Gasteiger partial charge >= 0.3 is 0 Å². The lowest BCUT2D eigenvalue weighted by Crippen LogP contribution is -2.35. The molecule has 0 unspecified atom stereocenters. The second-order valence-corrected chi connectivity index (χ2v) is 10.9. The highest BCUT2D eigenvalue weighted by molar-refractivity contribution is 5.83. The summed E-state index contributed by atoms with van der Waals surface area (Å²) >= 11 is 0. The van der Waals surface area contributed by atoms with Crippen LogP contribution >= 0.6 is 0 Å². The van der Waals surface area contributed by atoms with Crippen LogP contribution in [0.4, 0.5) is 0 Å². The lowest BCUT2D eigenvalue weighted by Gasteiger charge is -2.23. The van der Waals surface area contributed by atoms with Crippen molar-refractivity contribution in [2.24, 2.45) is 23.5 Å². The van der Waals surface area contributed by atoms with Gasteiger partial charge < -0.3 is 16.4 Å². The molecule has 3 atom stereocenters. The summed E-state index contributed by atoms with van der Waals surface area (Å²) in [6.07, 6.45) is 12.2. The van der Waals surface area contributed by atoms with Crippen molar-refractivity contribution in [3.05, 3.63) is 108 Å². The summed E-state index contributed by atoms with van der Waals surface area (Å²) in [5, 5.41) is 6.16. The van der Waals surface area contributed by atoms with E-state index >= 15 is 0 Å². The van der Waals surface area contributed by atoms with Crippen LogP contribution in [0.15, 0.2) is 97.4 Å². The van der Waals surface area contributed by atoms with Crippen LogP contribution in [0, 0.1) is 17.8 Å². The third kappa shape index (κ3) is 13.7. The normalized spacial score (nSPS) is 13.7. The van der Waals surface area contributed by atoms with Crippen molar-refractivity contribution >= 4 is 11.7 Å². The molecule has 2 rings (SSSR count). The molecule has 0 aliphatic heterocycles. The van der Waals surface area contributed by atoms with E-state index in [9.17, 15) is 9.59 Å². The van der Waals surface area contributed by atoms with E-state index in [2.05, 4.69) is 57.9 Å². The lowest BCUT2D eigenvalue weighted by molar-refractivity contribution is -0.126. The second kappa shape index (κ2) is 20.4. The number of amides is 1. The minimum Gasteiger partial charge on any atom is -0.363 e. The molecule has 1 amide bonds. The molecule has 0 heterocycles. The molecule has 4 N–H and O–H groups in total. The summed E-state index contributed by atoms with van der Waals surface area (Å²) < 4.78 is 0. The predicted molar refractivity (Wildman–Crippen MR) is 174 cm³/mol. The molecule has 0 aliphatic carbocycles. The fourth-order valence-electron chi connectivity index (χ4n) is 4.52. The van der Waals surface area contributed by atoms with E-state index in [1.807, 2.05) is 72.8 Å². The molecule has 2 aromatic rings. The van der Waals surface area contributed by atoms with E-state index in [0.717, 1.165) is 42.5 Å². The average molecular weight is 560 g/mol. The fraction of sp³-hybridized carbons (Fsp3) is 0.444. The zero-order valence-corrected chi connectivity index (χ0v) is 26.1. The van der Waals surface area contributed by atoms with Crippen LogP contribution < -0.4 is 16.4 Å². The van der Waals surface area contributed by atoms with Gasteiger partial charge in [0, 0.05) is 24.1 Å². The zero-order valence-electron chi connectivity index (χ0n) is 26.1. The maximum absolute atomic E-state index is 12.3. The SMILES string of the molecule is C=CNC(=C\[C@H](C)CC)/C=C/CNC(=O)[C@H](CCCC)C(C)C.CC(=O)[C@H](N)C(c1ccccc1)c1ccccc1. The Kier molecular flexibility index (Phi) is 17.7. The van der Waals surface area contributed by atoms with Gasteiger partial charge in [-0.25, -0.2) is 0 Å². The predicted octanol–water partition coefficient (Wildman–Crippen LogP) is 7.52. The highest BCUT2D eigenvalue weighted by atomic mass is 16.2. The van der Waals surface area contributed by atoms with Crippen LogP contribution in [0.3, 0.4) is 0 Å². The minimum atomic E-state index is -0.505. The van der Waals surface area contributed by atoms with Crippen LogP contribution in [0.2, 0.25) is 0 Å². The Morgan fingerprint density at radius 3 is 1.95 bits per heavy atom. The highest BCUT2D eigenvalue weighted by Gasteiger charge is 2.24. The average Bonchev–Trinajstić information content (AvgIpc) is 2.96. The monoisotopic (exact) mass is 559 g/mol. The number of carbonyl (C=O) groups is 2. The zero-order chi connectivity index (χ0) is 30.6. The van der Waals surface area contributed by atoms with Gasteiger partial charge in [-0.15, -0.1) is 0 Å². The van der Waals surface area contributed by atoms with E-state index in [4.69, 9.17) is 5.73 Å². The molecule has 0 aliphatic rings. The van der Waals surface area contributed by atoms with Gasteiger partial charge in [-0.3, -0.25) is 9.59 Å². The molecule has 0 aromatic heterocycles. The Bertz CT molecular complexity index is 1040. The molecule has 2 aromatic carbocycles. The molecule has 0 saturated heterocycles. The number of unbranched alkanes of at least 4 members (excludes halogenated alkanes) is 1. The molecule has 224 valence electrons. The van der Waals surface area contributed by atoms with Crippen LogP contribution in [-0.4, -0.2) is 24.3 Å². The lowest BCUT2D eigenvalue weighted by atomic mass is 9.84. The van der Waals surface area contributed by atoms with Crippen LogP contribution in [-0.2, 0) is 9.59 Å². The molecule has 0 fully saturated rings. The number of nitrogens with two attached hydrogens (primary N) is 1. The Hall–Kier alpha value is -3.44. The Balaban J connectivity index is 0.000000420. The standard InChI is InChI=1S/C20H36N2O.C16H17NO/c1-7-10-13-19(16(4)5)20(23)22-14-11-12-18(21-9-3)15-17(6)8-2;1-12(18)16(17)15(13-8-4-2-5-9-13)14-10-6-3-7-11-14/h9,11-12,15-17,19,21H,3,7-8,10,13-14H2,1-2,4-6H3,(H,22,23);2-11,15-16H,17H2,1H3/b12-11+,18-15-;/t17-,19-;16-/m10/s1. The van der Waals surface area contributed by atoms with E-state index in [-0.39, 0.29) is 23.5 Å². The van der Waals surface area contributed by atoms with Crippen molar-refractivity contribution in [1.82, 2.24) is 10.6 Å². The first-order chi connectivity index (χ1) is 19.7. The number of allylic oxidation sites excluding steroid dienone is 2. The largest absolute Gasteiger partial charge is 0.363 e. The maximum Gasteiger partial charge on any atom is 0.223 e. The number of Topliss-reactive ketones (excluding diaryl/α,β-unsaturated/α-hetero) is 1. The van der Waals surface area contributed by atoms with Gasteiger partial charge in [0.25, 0.3) is 0 Å². The first kappa shape index (κ1) is 35.6. The third-order valence-corrected chi connectivity index (χ3v) is 7.22. The fourth-order valence-corrected chi connectivity index (χ4v) is 4.52. The summed E-state index contributed by atoms with van der Waals surface area (Å²) in [6.45, 7) is 16.6. The van der Waals surface area contributed by atoms with Crippen LogP contribution in [0.25, 0.3) is 0 Å². The van der Waals surface area contributed by atoms with Gasteiger partial charge in [-0.1, -0.05) is 133 Å². The van der Waals surface area contributed by atoms with Crippen molar-refractivity contribution < 1.29 is 9.59 Å². The van der Waals surface area contributed by atoms with E-state index in [1.165, 1.54) is 0 Å². The summed E-state index contributed by atoms with van der Waals surface area (Å²) in [4.78, 5) is 23.9. The summed E-state index contributed by atoms with van der Waals surface area (Å²) in [7, 11) is 0. The molecular weight excluding hydrogens is 506 g/mol. The van der Waals surface area contributed by atoms with Crippen molar-refractivity contribution in [1.29, 1.82) is 0 Å². The molecule has 0 spiro atoms. The highest BCUT2D eigenvalue weighted by Crippen LogP contribution is 2.27. The van der Waals surface area contributed by atoms with Gasteiger partial charge in [0.2, 0.25) is 5.91 Å². The Morgan fingerprint density at radius 1 is 0.951 bits per heavy atom. The van der Waals surface area contributed by atoms with Gasteiger partial charge in [0.1, 0.15) is 5.78 Å². The minimum absolute atomic E-state index is 0.00714. The number of hydrogen-bond acceptors (Lipinski definition) is 4. The Labute approximate surface area is 249 Å². The van der Waals surface area contributed by atoms with E-state index in [1.54, 1.807) is 13.1 Å². The molecule has 0 saturated carbocycles. The number of carbonyl (C=O) groups excluding carboxylic acids is 2. The third-order valence-electron chi connectivity index (χ3n) is 7.22. The Morgan fingerprint density at radius 2 is 1.51 bits per heavy atom. The molecular formula is C36H53N3O2. The van der Waals surface area contributed by atoms with Crippen molar-refractivity contribution in [2.75, 3.05) is 6.54 Å². The maximum atomic E-state index is 12.3. The number of nitrogens with one attached hydrogen (secondary N) is 2. The number of benzene rings is 2. The quantitative estimate of drug-likeness (QED) is 0.186. The molecule has 5 heteroatoms. The summed E-state index contributed by atoms with van der Waals surface area (Å²) in [5.41, 5.74) is 9.25. The van der Waals surface area contributed by atoms with Gasteiger partial charge in [-0.2, -0.15) is 0 Å².